The van der Waals surface area contributed by atoms with Gasteiger partial charge in [0.15, 0.2) is 10.6 Å². The summed E-state index contributed by atoms with van der Waals surface area (Å²) in [7, 11) is 0. The molecule has 6 nitrogen and oxygen atoms in total. The highest BCUT2D eigenvalue weighted by Crippen LogP contribution is 2.27. The fourth-order valence-electron chi connectivity index (χ4n) is 2.47. The van der Waals surface area contributed by atoms with Crippen LogP contribution in [-0.4, -0.2) is 20.7 Å². The first-order valence-electron chi connectivity index (χ1n) is 8.03. The molecule has 0 aliphatic carbocycles. The van der Waals surface area contributed by atoms with Crippen molar-refractivity contribution in [1.82, 2.24) is 20.1 Å². The first-order chi connectivity index (χ1) is 12.6. The Morgan fingerprint density at radius 1 is 1.31 bits per heavy atom. The van der Waals surface area contributed by atoms with Crippen LogP contribution in [0.2, 0.25) is 0 Å². The second kappa shape index (κ2) is 8.29. The van der Waals surface area contributed by atoms with Crippen LogP contribution in [0.15, 0.2) is 53.0 Å². The van der Waals surface area contributed by atoms with Gasteiger partial charge in [-0.3, -0.25) is 9.89 Å². The largest absolute Gasteiger partial charge is 0.456 e. The third-order valence-electron chi connectivity index (χ3n) is 3.72. The molecule has 0 aliphatic heterocycles. The number of para-hydroxylation sites is 1. The summed E-state index contributed by atoms with van der Waals surface area (Å²) in [6, 6.07) is 14.6. The number of halogens is 1. The predicted octanol–water partition coefficient (Wildman–Crippen LogP) is 4.45. The van der Waals surface area contributed by atoms with Crippen LogP contribution in [0, 0.1) is 4.77 Å². The molecule has 0 bridgehead atoms. The Kier molecular flexibility index (Phi) is 5.85. The minimum absolute atomic E-state index is 0.243. The summed E-state index contributed by atoms with van der Waals surface area (Å²) in [5.41, 5.74) is 0.449. The van der Waals surface area contributed by atoms with Crippen molar-refractivity contribution in [3.05, 3.63) is 69.2 Å². The number of nitrogens with one attached hydrogen (secondary N) is 2. The predicted molar refractivity (Wildman–Crippen MR) is 105 cm³/mol. The Bertz CT molecular complexity index is 983. The zero-order valence-electron chi connectivity index (χ0n) is 14.0. The minimum atomic E-state index is -0.243. The molecule has 2 aromatic carbocycles. The van der Waals surface area contributed by atoms with E-state index in [4.69, 9.17) is 17.0 Å². The summed E-state index contributed by atoms with van der Waals surface area (Å²) in [6.07, 6.45) is 0. The summed E-state index contributed by atoms with van der Waals surface area (Å²) in [5.74, 6) is 1.56. The number of aromatic nitrogens is 3. The monoisotopic (exact) mass is 432 g/mol. The van der Waals surface area contributed by atoms with Crippen molar-refractivity contribution >= 4 is 34.1 Å². The number of hydrogen-bond acceptors (Lipinski definition) is 4. The first kappa shape index (κ1) is 18.3. The third-order valence-corrected chi connectivity index (χ3v) is 4.52. The Morgan fingerprint density at radius 2 is 2.12 bits per heavy atom. The molecule has 0 spiro atoms. The molecule has 0 aliphatic rings. The molecule has 0 unspecified atom stereocenters. The zero-order chi connectivity index (χ0) is 18.5. The SMILES string of the molecule is CCn1c(CNC(=O)c2ccccc2Oc2cccc(Br)c2)n[nH]c1=S. The summed E-state index contributed by atoms with van der Waals surface area (Å²) < 4.78 is 9.15. The second-order valence-electron chi connectivity index (χ2n) is 5.43. The molecular formula is C18H17BrN4O2S. The van der Waals surface area contributed by atoms with E-state index in [1.165, 1.54) is 0 Å². The zero-order valence-corrected chi connectivity index (χ0v) is 16.4. The lowest BCUT2D eigenvalue weighted by Crippen LogP contribution is -2.25. The van der Waals surface area contributed by atoms with E-state index >= 15 is 0 Å². The van der Waals surface area contributed by atoms with Crippen LogP contribution < -0.4 is 10.1 Å². The van der Waals surface area contributed by atoms with Crippen LogP contribution in [0.1, 0.15) is 23.1 Å². The van der Waals surface area contributed by atoms with Crippen molar-refractivity contribution in [3.63, 3.8) is 0 Å². The van der Waals surface area contributed by atoms with Crippen LogP contribution in [0.3, 0.4) is 0 Å². The van der Waals surface area contributed by atoms with Gasteiger partial charge >= 0.3 is 0 Å². The van der Waals surface area contributed by atoms with Crippen molar-refractivity contribution < 1.29 is 9.53 Å². The Balaban J connectivity index is 1.76. The van der Waals surface area contributed by atoms with Crippen LogP contribution in [0.4, 0.5) is 0 Å². The van der Waals surface area contributed by atoms with E-state index in [-0.39, 0.29) is 12.5 Å². The van der Waals surface area contributed by atoms with Crippen LogP contribution in [0.5, 0.6) is 11.5 Å². The second-order valence-corrected chi connectivity index (χ2v) is 6.73. The summed E-state index contributed by atoms with van der Waals surface area (Å²) in [4.78, 5) is 12.6. The maximum atomic E-state index is 12.6. The highest BCUT2D eigenvalue weighted by Gasteiger charge is 2.14. The molecular weight excluding hydrogens is 416 g/mol. The van der Waals surface area contributed by atoms with E-state index < -0.39 is 0 Å². The Hall–Kier alpha value is -2.45. The van der Waals surface area contributed by atoms with Gasteiger partial charge in [-0.2, -0.15) is 5.10 Å². The summed E-state index contributed by atoms with van der Waals surface area (Å²) in [5, 5.41) is 9.75. The molecule has 0 fully saturated rings. The molecule has 0 saturated carbocycles. The minimum Gasteiger partial charge on any atom is -0.456 e. The number of H-pyrrole nitrogens is 1. The average molecular weight is 433 g/mol. The molecule has 0 atom stereocenters. The van der Waals surface area contributed by atoms with E-state index in [0.717, 1.165) is 4.47 Å². The number of carbonyl (C=O) groups excluding carboxylic acids is 1. The standard InChI is InChI=1S/C18H17BrN4O2S/c1-2-23-16(21-22-18(23)26)11-20-17(24)14-8-3-4-9-15(14)25-13-7-5-6-12(19)10-13/h3-10H,2,11H2,1H3,(H,20,24)(H,22,26). The van der Waals surface area contributed by atoms with Crippen LogP contribution >= 0.6 is 28.1 Å². The van der Waals surface area contributed by atoms with Gasteiger partial charge in [-0.05, 0) is 49.5 Å². The fourth-order valence-corrected chi connectivity index (χ4v) is 3.12. The van der Waals surface area contributed by atoms with Gasteiger partial charge in [0.2, 0.25) is 0 Å². The van der Waals surface area contributed by atoms with Crippen LogP contribution in [-0.2, 0) is 13.1 Å². The molecule has 1 aromatic heterocycles. The van der Waals surface area contributed by atoms with Gasteiger partial charge in [-0.1, -0.05) is 34.1 Å². The van der Waals surface area contributed by atoms with Crippen molar-refractivity contribution in [2.75, 3.05) is 0 Å². The van der Waals surface area contributed by atoms with Gasteiger partial charge in [0.05, 0.1) is 12.1 Å². The van der Waals surface area contributed by atoms with E-state index in [2.05, 4.69) is 31.4 Å². The maximum absolute atomic E-state index is 12.6. The quantitative estimate of drug-likeness (QED) is 0.564. The lowest BCUT2D eigenvalue weighted by molar-refractivity contribution is 0.0947. The molecule has 1 heterocycles. The van der Waals surface area contributed by atoms with E-state index in [1.54, 1.807) is 18.2 Å². The van der Waals surface area contributed by atoms with Gasteiger partial charge in [-0.15, -0.1) is 0 Å². The smallest absolute Gasteiger partial charge is 0.255 e. The van der Waals surface area contributed by atoms with Gasteiger partial charge in [0, 0.05) is 11.0 Å². The average Bonchev–Trinajstić information content (AvgIpc) is 3.00. The summed E-state index contributed by atoms with van der Waals surface area (Å²) in [6.45, 7) is 2.92. The number of benzene rings is 2. The molecule has 0 saturated heterocycles. The Morgan fingerprint density at radius 3 is 2.88 bits per heavy atom. The number of aromatic amines is 1. The number of ether oxygens (including phenoxy) is 1. The molecule has 1 amide bonds. The van der Waals surface area contributed by atoms with Gasteiger partial charge < -0.3 is 14.6 Å². The lowest BCUT2D eigenvalue weighted by Gasteiger charge is -2.12. The molecule has 134 valence electrons. The van der Waals surface area contributed by atoms with E-state index in [1.807, 2.05) is 41.8 Å². The van der Waals surface area contributed by atoms with Crippen molar-refractivity contribution in [3.8, 4) is 11.5 Å². The number of hydrogen-bond donors (Lipinski definition) is 2. The number of amides is 1. The maximum Gasteiger partial charge on any atom is 0.255 e. The number of rotatable bonds is 6. The molecule has 8 heteroatoms. The van der Waals surface area contributed by atoms with Gasteiger partial charge in [-0.25, -0.2) is 0 Å². The molecule has 3 aromatic rings. The number of carbonyl (C=O) groups is 1. The fraction of sp³-hybridized carbons (Fsp3) is 0.167. The van der Waals surface area contributed by atoms with Crippen molar-refractivity contribution in [2.24, 2.45) is 0 Å². The van der Waals surface area contributed by atoms with E-state index in [0.29, 0.717) is 34.2 Å². The number of nitrogens with zero attached hydrogens (tertiary/aromatic N) is 2. The highest BCUT2D eigenvalue weighted by molar-refractivity contribution is 9.10. The van der Waals surface area contributed by atoms with E-state index in [9.17, 15) is 4.79 Å². The third kappa shape index (κ3) is 4.20. The lowest BCUT2D eigenvalue weighted by atomic mass is 10.2. The molecule has 2 N–H and O–H groups in total. The molecule has 3 rings (SSSR count). The molecule has 26 heavy (non-hydrogen) atoms. The Labute approximate surface area is 164 Å². The first-order valence-corrected chi connectivity index (χ1v) is 9.23. The van der Waals surface area contributed by atoms with Gasteiger partial charge in [0.1, 0.15) is 11.5 Å². The summed E-state index contributed by atoms with van der Waals surface area (Å²) >= 11 is 8.57. The van der Waals surface area contributed by atoms with Crippen LogP contribution in [0.25, 0.3) is 0 Å². The topological polar surface area (TPSA) is 71.9 Å². The normalized spacial score (nSPS) is 10.5. The van der Waals surface area contributed by atoms with Crippen molar-refractivity contribution in [1.29, 1.82) is 0 Å². The van der Waals surface area contributed by atoms with Gasteiger partial charge in [0.25, 0.3) is 5.91 Å². The highest BCUT2D eigenvalue weighted by atomic mass is 79.9. The molecule has 0 radical (unpaired) electrons. The van der Waals surface area contributed by atoms with Crippen molar-refractivity contribution in [2.45, 2.75) is 20.0 Å².